The minimum atomic E-state index is -3.08. The third kappa shape index (κ3) is 22.6. The van der Waals surface area contributed by atoms with Crippen LogP contribution in [0.5, 0.6) is 0 Å². The van der Waals surface area contributed by atoms with E-state index >= 15 is 0 Å². The highest BCUT2D eigenvalue weighted by Crippen LogP contribution is 2.16. The molecule has 0 amide bonds. The first-order valence-electron chi connectivity index (χ1n) is 3.03. The van der Waals surface area contributed by atoms with Gasteiger partial charge in [0.15, 0.2) is 6.67 Å². The summed E-state index contributed by atoms with van der Waals surface area (Å²) >= 11 is 0. The summed E-state index contributed by atoms with van der Waals surface area (Å²) in [5.74, 6) is -3.08. The Labute approximate surface area is 73.0 Å². The number of hydrogen-bond acceptors (Lipinski definition) is 0. The van der Waals surface area contributed by atoms with Gasteiger partial charge in [0.25, 0.3) is 5.92 Å². The summed E-state index contributed by atoms with van der Waals surface area (Å²) in [6, 6.07) is 0. The predicted molar refractivity (Wildman–Crippen MR) is 46.3 cm³/mol. The Balaban J connectivity index is -0.0000000569. The van der Waals surface area contributed by atoms with Crippen molar-refractivity contribution in [3.05, 3.63) is 0 Å². The molecule has 0 heterocycles. The molecule has 0 fully saturated rings. The lowest BCUT2D eigenvalue weighted by Gasteiger charge is -2.05. The lowest BCUT2D eigenvalue weighted by atomic mass is 10.3. The Hall–Kier alpha value is -0.280. The Bertz CT molecular complexity index is 58.1. The molecule has 0 bridgehead atoms. The molecule has 0 aromatic rings. The van der Waals surface area contributed by atoms with Crippen LogP contribution in [0.3, 0.4) is 0 Å². The summed E-state index contributed by atoms with van der Waals surface area (Å²) in [5, 5.41) is 0. The van der Waals surface area contributed by atoms with Crippen molar-refractivity contribution in [1.82, 2.24) is 0 Å². The van der Waals surface area contributed by atoms with E-state index in [1.54, 1.807) is 0 Å². The molecule has 80 valence electrons. The standard InChI is InChI=1S/C4H7F3.C2H5F.2CH4/c1-2-4(6,7)3-5;1-2-3;;/h2-3H2,1H3;2H2,1H3;2*1H4. The van der Waals surface area contributed by atoms with Gasteiger partial charge in [-0.1, -0.05) is 21.8 Å². The van der Waals surface area contributed by atoms with E-state index in [2.05, 4.69) is 0 Å². The zero-order valence-corrected chi connectivity index (χ0v) is 6.13. The summed E-state index contributed by atoms with van der Waals surface area (Å²) in [4.78, 5) is 0. The van der Waals surface area contributed by atoms with Crippen LogP contribution in [0.2, 0.25) is 0 Å². The largest absolute Gasteiger partial charge is 0.275 e. The molecule has 0 radical (unpaired) electrons. The van der Waals surface area contributed by atoms with Gasteiger partial charge in [-0.05, 0) is 6.92 Å². The highest BCUT2D eigenvalue weighted by Gasteiger charge is 2.24. The minimum Gasteiger partial charge on any atom is -0.251 e. The molecule has 0 spiro atoms. The first kappa shape index (κ1) is 22.6. The number of hydrogen-bond donors (Lipinski definition) is 0. The molecule has 12 heavy (non-hydrogen) atoms. The molecular weight excluding hydrogens is 172 g/mol. The molecule has 0 saturated carbocycles. The van der Waals surface area contributed by atoms with Gasteiger partial charge < -0.3 is 0 Å². The van der Waals surface area contributed by atoms with E-state index in [1.807, 2.05) is 0 Å². The Kier molecular flexibility index (Phi) is 25.1. The molecule has 0 aliphatic rings. The number of rotatable bonds is 2. The summed E-state index contributed by atoms with van der Waals surface area (Å²) in [6.45, 7) is 0.920. The van der Waals surface area contributed by atoms with Crippen molar-refractivity contribution in [1.29, 1.82) is 0 Å². The van der Waals surface area contributed by atoms with E-state index in [-0.39, 0.29) is 21.5 Å². The van der Waals surface area contributed by atoms with E-state index < -0.39 is 19.0 Å². The monoisotopic (exact) mass is 192 g/mol. The molecule has 0 aromatic carbocycles. The van der Waals surface area contributed by atoms with Gasteiger partial charge >= 0.3 is 0 Å². The first-order valence-corrected chi connectivity index (χ1v) is 3.03. The normalized spacial score (nSPS) is 8.50. The van der Waals surface area contributed by atoms with Crippen LogP contribution < -0.4 is 0 Å². The van der Waals surface area contributed by atoms with Crippen LogP contribution in [0.25, 0.3) is 0 Å². The zero-order chi connectivity index (χ0) is 8.62. The summed E-state index contributed by atoms with van der Waals surface area (Å²) in [5.41, 5.74) is 0. The maximum Gasteiger partial charge on any atom is 0.275 e. The minimum absolute atomic E-state index is 0. The average molecular weight is 192 g/mol. The Morgan fingerprint density at radius 1 is 1.00 bits per heavy atom. The number of halogens is 4. The molecule has 0 saturated heterocycles. The lowest BCUT2D eigenvalue weighted by Crippen LogP contribution is -2.16. The van der Waals surface area contributed by atoms with Gasteiger partial charge in [0, 0.05) is 6.42 Å². The second kappa shape index (κ2) is 13.3. The molecule has 0 aliphatic heterocycles. The third-order valence-electron chi connectivity index (χ3n) is 0.713. The van der Waals surface area contributed by atoms with Crippen LogP contribution in [0, 0.1) is 0 Å². The lowest BCUT2D eigenvalue weighted by molar-refractivity contribution is -0.0255. The molecule has 0 unspecified atom stereocenters. The second-order valence-corrected chi connectivity index (χ2v) is 1.61. The third-order valence-corrected chi connectivity index (χ3v) is 0.713. The average Bonchev–Trinajstić information content (AvgIpc) is 1.90. The Morgan fingerprint density at radius 3 is 1.25 bits per heavy atom. The summed E-state index contributed by atoms with van der Waals surface area (Å²) in [6.07, 6.45) is -0.413. The van der Waals surface area contributed by atoms with Crippen molar-refractivity contribution in [2.24, 2.45) is 0 Å². The van der Waals surface area contributed by atoms with Gasteiger partial charge in [-0.15, -0.1) is 0 Å². The quantitative estimate of drug-likeness (QED) is 0.574. The molecule has 0 nitrogen and oxygen atoms in total. The van der Waals surface area contributed by atoms with Gasteiger partial charge in [-0.3, -0.25) is 4.39 Å². The number of alkyl halides is 4. The fraction of sp³-hybridized carbons (Fsp3) is 1.00. The van der Waals surface area contributed by atoms with Crippen LogP contribution in [-0.4, -0.2) is 19.3 Å². The van der Waals surface area contributed by atoms with Crippen molar-refractivity contribution in [2.75, 3.05) is 13.3 Å². The van der Waals surface area contributed by atoms with Crippen LogP contribution >= 0.6 is 0 Å². The topological polar surface area (TPSA) is 0 Å². The van der Waals surface area contributed by atoms with Crippen LogP contribution in [0.4, 0.5) is 17.6 Å². The first-order chi connectivity index (χ1) is 4.54. The molecule has 0 aromatic heterocycles. The van der Waals surface area contributed by atoms with E-state index in [0.717, 1.165) is 0 Å². The molecule has 0 aliphatic carbocycles. The fourth-order valence-electron chi connectivity index (χ4n) is 0.0945. The molecule has 0 N–H and O–H groups in total. The SMILES string of the molecule is C.C.CCC(F)(F)CF.CCF. The molecule has 4 heteroatoms. The van der Waals surface area contributed by atoms with Crippen LogP contribution in [0.1, 0.15) is 35.1 Å². The molecular formula is C8H20F4. The summed E-state index contributed by atoms with van der Waals surface area (Å²) in [7, 11) is 0. The van der Waals surface area contributed by atoms with E-state index in [4.69, 9.17) is 0 Å². The van der Waals surface area contributed by atoms with E-state index in [0.29, 0.717) is 0 Å². The van der Waals surface area contributed by atoms with Crippen LogP contribution in [0.15, 0.2) is 0 Å². The highest BCUT2D eigenvalue weighted by atomic mass is 19.3. The highest BCUT2D eigenvalue weighted by molar-refractivity contribution is 4.58. The van der Waals surface area contributed by atoms with Crippen molar-refractivity contribution in [2.45, 2.75) is 41.0 Å². The smallest absolute Gasteiger partial charge is 0.251 e. The van der Waals surface area contributed by atoms with Gasteiger partial charge in [-0.25, -0.2) is 13.2 Å². The maximum atomic E-state index is 11.5. The van der Waals surface area contributed by atoms with Gasteiger partial charge in [-0.2, -0.15) is 0 Å². The zero-order valence-electron chi connectivity index (χ0n) is 6.13. The van der Waals surface area contributed by atoms with E-state index in [1.165, 1.54) is 13.8 Å². The van der Waals surface area contributed by atoms with Gasteiger partial charge in [0.1, 0.15) is 0 Å². The molecule has 0 atom stereocenters. The van der Waals surface area contributed by atoms with Crippen LogP contribution in [-0.2, 0) is 0 Å². The van der Waals surface area contributed by atoms with Crippen molar-refractivity contribution in [3.8, 4) is 0 Å². The Morgan fingerprint density at radius 2 is 1.25 bits per heavy atom. The van der Waals surface area contributed by atoms with Gasteiger partial charge in [0.2, 0.25) is 0 Å². The van der Waals surface area contributed by atoms with E-state index in [9.17, 15) is 17.6 Å². The fourth-order valence-corrected chi connectivity index (χ4v) is 0.0945. The maximum absolute atomic E-state index is 11.5. The van der Waals surface area contributed by atoms with Crippen molar-refractivity contribution in [3.63, 3.8) is 0 Å². The predicted octanol–water partition coefficient (Wildman–Crippen LogP) is 4.25. The van der Waals surface area contributed by atoms with Crippen molar-refractivity contribution < 1.29 is 17.6 Å². The molecule has 0 rings (SSSR count). The second-order valence-electron chi connectivity index (χ2n) is 1.61. The van der Waals surface area contributed by atoms with Gasteiger partial charge in [0.05, 0.1) is 6.67 Å². The van der Waals surface area contributed by atoms with Crippen molar-refractivity contribution >= 4 is 0 Å². The summed E-state index contributed by atoms with van der Waals surface area (Å²) < 4.78 is 44.3.